The van der Waals surface area contributed by atoms with Gasteiger partial charge in [0, 0.05) is 12.6 Å². The van der Waals surface area contributed by atoms with E-state index >= 15 is 0 Å². The number of benzene rings is 2. The van der Waals surface area contributed by atoms with E-state index in [1.807, 2.05) is 54.6 Å². The van der Waals surface area contributed by atoms with Gasteiger partial charge in [-0.25, -0.2) is 4.98 Å². The third kappa shape index (κ3) is 2.97. The predicted molar refractivity (Wildman–Crippen MR) is 91.2 cm³/mol. The number of nitrogens with zero attached hydrogens (tertiary/aromatic N) is 2. The summed E-state index contributed by atoms with van der Waals surface area (Å²) < 4.78 is 5.94. The Labute approximate surface area is 135 Å². The van der Waals surface area contributed by atoms with E-state index < -0.39 is 0 Å². The molecule has 1 aromatic heterocycles. The number of amides is 1. The number of carbonyl (C=O) groups is 1. The van der Waals surface area contributed by atoms with Gasteiger partial charge in [-0.15, -0.1) is 0 Å². The van der Waals surface area contributed by atoms with Gasteiger partial charge in [0.05, 0.1) is 0 Å². The molecule has 0 aliphatic rings. The van der Waals surface area contributed by atoms with Crippen molar-refractivity contribution in [1.29, 1.82) is 0 Å². The van der Waals surface area contributed by atoms with E-state index in [4.69, 9.17) is 4.42 Å². The molecule has 3 rings (SSSR count). The standard InChI is InChI=1S/C19H20N2O2/c1-13(2)18(19-20-16-11-7-8-12-17(16)23-19)21(14(3)22)15-9-5-4-6-10-15/h4-13,18H,1-3H3. The number of anilines is 1. The minimum atomic E-state index is -0.248. The Kier molecular flexibility index (Phi) is 4.15. The Morgan fingerprint density at radius 1 is 1.04 bits per heavy atom. The fraction of sp³-hybridized carbons (Fsp3) is 0.263. The van der Waals surface area contributed by atoms with Gasteiger partial charge < -0.3 is 9.32 Å². The van der Waals surface area contributed by atoms with Crippen LogP contribution in [0.3, 0.4) is 0 Å². The summed E-state index contributed by atoms with van der Waals surface area (Å²) in [5.74, 6) is 0.699. The van der Waals surface area contributed by atoms with Crippen molar-refractivity contribution < 1.29 is 9.21 Å². The van der Waals surface area contributed by atoms with Crippen molar-refractivity contribution in [3.8, 4) is 0 Å². The molecule has 23 heavy (non-hydrogen) atoms. The monoisotopic (exact) mass is 308 g/mol. The second-order valence-corrected chi connectivity index (χ2v) is 5.93. The average molecular weight is 308 g/mol. The van der Waals surface area contributed by atoms with Gasteiger partial charge in [-0.1, -0.05) is 44.2 Å². The van der Waals surface area contributed by atoms with Gasteiger partial charge >= 0.3 is 0 Å². The zero-order valence-corrected chi connectivity index (χ0v) is 13.6. The highest BCUT2D eigenvalue weighted by Gasteiger charge is 2.31. The quantitative estimate of drug-likeness (QED) is 0.709. The van der Waals surface area contributed by atoms with Crippen LogP contribution < -0.4 is 4.90 Å². The summed E-state index contributed by atoms with van der Waals surface area (Å²) in [5, 5.41) is 0. The molecular formula is C19H20N2O2. The lowest BCUT2D eigenvalue weighted by molar-refractivity contribution is -0.117. The summed E-state index contributed by atoms with van der Waals surface area (Å²) in [6.07, 6.45) is 0. The minimum Gasteiger partial charge on any atom is -0.438 e. The fourth-order valence-corrected chi connectivity index (χ4v) is 2.84. The highest BCUT2D eigenvalue weighted by atomic mass is 16.3. The van der Waals surface area contributed by atoms with Crippen molar-refractivity contribution in [2.75, 3.05) is 4.90 Å². The van der Waals surface area contributed by atoms with Crippen molar-refractivity contribution in [1.82, 2.24) is 4.98 Å². The zero-order chi connectivity index (χ0) is 16.4. The van der Waals surface area contributed by atoms with Crippen LogP contribution in [-0.2, 0) is 4.79 Å². The summed E-state index contributed by atoms with van der Waals surface area (Å²) in [5.41, 5.74) is 2.40. The fourth-order valence-electron chi connectivity index (χ4n) is 2.84. The first-order valence-electron chi connectivity index (χ1n) is 7.78. The molecule has 0 bridgehead atoms. The second-order valence-electron chi connectivity index (χ2n) is 5.93. The maximum absolute atomic E-state index is 12.3. The molecular weight excluding hydrogens is 288 g/mol. The molecule has 1 amide bonds. The van der Waals surface area contributed by atoms with Crippen LogP contribution in [0.5, 0.6) is 0 Å². The molecule has 2 aromatic carbocycles. The van der Waals surface area contributed by atoms with Gasteiger partial charge in [0.25, 0.3) is 0 Å². The minimum absolute atomic E-state index is 0.0304. The summed E-state index contributed by atoms with van der Waals surface area (Å²) in [7, 11) is 0. The molecule has 1 heterocycles. The van der Waals surface area contributed by atoms with Gasteiger partial charge in [-0.05, 0) is 30.2 Å². The van der Waals surface area contributed by atoms with Crippen LogP contribution in [0.2, 0.25) is 0 Å². The number of hydrogen-bond acceptors (Lipinski definition) is 3. The van der Waals surface area contributed by atoms with Crippen molar-refractivity contribution in [3.63, 3.8) is 0 Å². The highest BCUT2D eigenvalue weighted by molar-refractivity contribution is 5.92. The third-order valence-corrected chi connectivity index (χ3v) is 3.85. The first-order valence-corrected chi connectivity index (χ1v) is 7.78. The second kappa shape index (κ2) is 6.24. The highest BCUT2D eigenvalue weighted by Crippen LogP contribution is 2.34. The Morgan fingerprint density at radius 2 is 1.70 bits per heavy atom. The molecule has 1 atom stereocenters. The lowest BCUT2D eigenvalue weighted by Crippen LogP contribution is -2.36. The van der Waals surface area contributed by atoms with Crippen molar-refractivity contribution >= 4 is 22.7 Å². The molecule has 4 heteroatoms. The molecule has 0 aliphatic carbocycles. The van der Waals surface area contributed by atoms with Crippen LogP contribution >= 0.6 is 0 Å². The molecule has 4 nitrogen and oxygen atoms in total. The molecule has 118 valence electrons. The van der Waals surface area contributed by atoms with Gasteiger partial charge in [0.15, 0.2) is 5.58 Å². The maximum Gasteiger partial charge on any atom is 0.224 e. The van der Waals surface area contributed by atoms with Crippen LogP contribution in [0.1, 0.15) is 32.7 Å². The van der Waals surface area contributed by atoms with E-state index in [0.717, 1.165) is 16.8 Å². The van der Waals surface area contributed by atoms with Crippen LogP contribution in [-0.4, -0.2) is 10.9 Å². The van der Waals surface area contributed by atoms with E-state index in [0.29, 0.717) is 5.89 Å². The van der Waals surface area contributed by atoms with Gasteiger partial charge in [0.2, 0.25) is 11.8 Å². The van der Waals surface area contributed by atoms with E-state index in [-0.39, 0.29) is 17.9 Å². The van der Waals surface area contributed by atoms with Gasteiger partial charge in [-0.3, -0.25) is 4.79 Å². The molecule has 0 N–H and O–H groups in total. The van der Waals surface area contributed by atoms with E-state index in [2.05, 4.69) is 18.8 Å². The maximum atomic E-state index is 12.3. The molecule has 0 saturated heterocycles. The molecule has 0 radical (unpaired) electrons. The average Bonchev–Trinajstić information content (AvgIpc) is 2.95. The first-order chi connectivity index (χ1) is 11.1. The molecule has 1 unspecified atom stereocenters. The Hall–Kier alpha value is -2.62. The number of fused-ring (bicyclic) bond motifs is 1. The largest absolute Gasteiger partial charge is 0.438 e. The van der Waals surface area contributed by atoms with Crippen molar-refractivity contribution in [3.05, 3.63) is 60.5 Å². The predicted octanol–water partition coefficient (Wildman–Crippen LogP) is 4.58. The number of aromatic nitrogens is 1. The molecule has 0 saturated carbocycles. The van der Waals surface area contributed by atoms with Crippen molar-refractivity contribution in [2.24, 2.45) is 5.92 Å². The molecule has 0 aliphatic heterocycles. The van der Waals surface area contributed by atoms with Gasteiger partial charge in [0.1, 0.15) is 11.6 Å². The number of rotatable bonds is 4. The first kappa shape index (κ1) is 15.3. The lowest BCUT2D eigenvalue weighted by atomic mass is 10.0. The van der Waals surface area contributed by atoms with Crippen LogP contribution in [0.25, 0.3) is 11.1 Å². The smallest absolute Gasteiger partial charge is 0.224 e. The Morgan fingerprint density at radius 3 is 2.30 bits per heavy atom. The molecule has 3 aromatic rings. The lowest BCUT2D eigenvalue weighted by Gasteiger charge is -2.31. The summed E-state index contributed by atoms with van der Waals surface area (Å²) in [6, 6.07) is 17.1. The molecule has 0 fully saturated rings. The van der Waals surface area contributed by atoms with Crippen molar-refractivity contribution in [2.45, 2.75) is 26.8 Å². The normalized spacial score (nSPS) is 12.5. The summed E-state index contributed by atoms with van der Waals surface area (Å²) in [6.45, 7) is 5.71. The Bertz CT molecular complexity index is 775. The third-order valence-electron chi connectivity index (χ3n) is 3.85. The van der Waals surface area contributed by atoms with Gasteiger partial charge in [-0.2, -0.15) is 0 Å². The summed E-state index contributed by atoms with van der Waals surface area (Å²) in [4.78, 5) is 18.7. The number of carbonyl (C=O) groups excluding carboxylic acids is 1. The van der Waals surface area contributed by atoms with Crippen LogP contribution in [0.15, 0.2) is 59.0 Å². The Balaban J connectivity index is 2.10. The zero-order valence-electron chi connectivity index (χ0n) is 13.6. The van der Waals surface area contributed by atoms with E-state index in [1.54, 1.807) is 11.8 Å². The summed E-state index contributed by atoms with van der Waals surface area (Å²) >= 11 is 0. The van der Waals surface area contributed by atoms with E-state index in [9.17, 15) is 4.79 Å². The topological polar surface area (TPSA) is 46.3 Å². The van der Waals surface area contributed by atoms with Crippen LogP contribution in [0.4, 0.5) is 5.69 Å². The number of para-hydroxylation sites is 3. The SMILES string of the molecule is CC(=O)N(c1ccccc1)C(c1nc2ccccc2o1)C(C)C. The van der Waals surface area contributed by atoms with Crippen LogP contribution in [0, 0.1) is 5.92 Å². The van der Waals surface area contributed by atoms with E-state index in [1.165, 1.54) is 0 Å². The molecule has 0 spiro atoms. The number of hydrogen-bond donors (Lipinski definition) is 0. The number of oxazole rings is 1.